The lowest BCUT2D eigenvalue weighted by atomic mass is 9.86. The minimum Gasteiger partial charge on any atom is -0.458 e. The van der Waals surface area contributed by atoms with Gasteiger partial charge in [0.25, 0.3) is 5.56 Å². The van der Waals surface area contributed by atoms with Crippen molar-refractivity contribution in [3.8, 4) is 11.4 Å². The number of ether oxygens (including phenoxy) is 1. The van der Waals surface area contributed by atoms with Crippen LogP contribution in [0.5, 0.6) is 0 Å². The Balaban J connectivity index is 1.83. The molecule has 0 spiro atoms. The maximum atomic E-state index is 13.1. The molecule has 0 bridgehead atoms. The molecule has 7 heteroatoms. The number of carbonyl (C=O) groups is 1. The van der Waals surface area contributed by atoms with Crippen LogP contribution in [0.4, 0.5) is 5.69 Å². The zero-order valence-corrected chi connectivity index (χ0v) is 14.6. The van der Waals surface area contributed by atoms with Crippen LogP contribution < -0.4 is 11.3 Å². The van der Waals surface area contributed by atoms with Crippen molar-refractivity contribution in [3.05, 3.63) is 57.4 Å². The normalized spacial score (nSPS) is 20.7. The molecular formula is C20H17N3O4. The van der Waals surface area contributed by atoms with Gasteiger partial charge in [-0.05, 0) is 36.7 Å². The number of esters is 1. The van der Waals surface area contributed by atoms with E-state index in [1.54, 1.807) is 31.2 Å². The van der Waals surface area contributed by atoms with Crippen molar-refractivity contribution >= 4 is 22.6 Å². The molecule has 2 aliphatic rings. The number of aliphatic hydroxyl groups is 1. The number of hydrogen-bond acceptors (Lipinski definition) is 6. The molecule has 0 saturated heterocycles. The van der Waals surface area contributed by atoms with E-state index >= 15 is 0 Å². The van der Waals surface area contributed by atoms with Crippen LogP contribution in [0.25, 0.3) is 22.3 Å². The van der Waals surface area contributed by atoms with Gasteiger partial charge in [0.05, 0.1) is 30.4 Å². The smallest absolute Gasteiger partial charge is 0.343 e. The molecule has 5 rings (SSSR count). The third-order valence-electron chi connectivity index (χ3n) is 5.43. The van der Waals surface area contributed by atoms with Gasteiger partial charge in [-0.25, -0.2) is 9.78 Å². The number of cyclic esters (lactones) is 1. The molecule has 0 aliphatic carbocycles. The van der Waals surface area contributed by atoms with E-state index in [4.69, 9.17) is 11.8 Å². The lowest BCUT2D eigenvalue weighted by Crippen LogP contribution is -2.44. The van der Waals surface area contributed by atoms with Crippen molar-refractivity contribution in [3.63, 3.8) is 0 Å². The van der Waals surface area contributed by atoms with E-state index < -0.39 is 11.6 Å². The Bertz CT molecular complexity index is 1270. The molecule has 0 fully saturated rings. The van der Waals surface area contributed by atoms with E-state index in [2.05, 4.69) is 4.98 Å². The Morgan fingerprint density at radius 1 is 1.41 bits per heavy atom. The molecule has 0 radical (unpaired) electrons. The first kappa shape index (κ1) is 14.9. The van der Waals surface area contributed by atoms with Crippen molar-refractivity contribution in [2.75, 3.05) is 5.73 Å². The number of benzene rings is 1. The molecule has 2 aromatic heterocycles. The number of nitrogens with zero attached hydrogens (tertiary/aromatic N) is 2. The van der Waals surface area contributed by atoms with E-state index in [1.807, 2.05) is 0 Å². The minimum absolute atomic E-state index is 0.0860. The summed E-state index contributed by atoms with van der Waals surface area (Å²) in [5.74, 6) is -0.756. The second kappa shape index (κ2) is 5.17. The summed E-state index contributed by atoms with van der Waals surface area (Å²) in [6.07, 6.45) is 0.0860. The van der Waals surface area contributed by atoms with Gasteiger partial charge in [-0.3, -0.25) is 4.79 Å². The van der Waals surface area contributed by atoms with Gasteiger partial charge in [-0.2, -0.15) is 0 Å². The molecule has 3 aromatic rings. The maximum absolute atomic E-state index is 13.1. The highest BCUT2D eigenvalue weighted by Crippen LogP contribution is 2.38. The molecule has 1 aromatic carbocycles. The first-order chi connectivity index (χ1) is 13.3. The Kier molecular flexibility index (Phi) is 2.86. The first-order valence-electron chi connectivity index (χ1n) is 9.21. The second-order valence-electron chi connectivity index (χ2n) is 6.94. The van der Waals surface area contributed by atoms with Gasteiger partial charge in [0.2, 0.25) is 0 Å². The van der Waals surface area contributed by atoms with Gasteiger partial charge in [0.15, 0.2) is 5.60 Å². The van der Waals surface area contributed by atoms with Crippen LogP contribution in [0, 0.1) is 0 Å². The second-order valence-corrected chi connectivity index (χ2v) is 6.94. The highest BCUT2D eigenvalue weighted by molar-refractivity contribution is 5.87. The minimum atomic E-state index is -1.86. The van der Waals surface area contributed by atoms with Gasteiger partial charge in [-0.1, -0.05) is 6.92 Å². The number of aromatic nitrogens is 2. The number of fused-ring (bicyclic) bond motifs is 5. The fraction of sp³-hybridized carbons (Fsp3) is 0.250. The lowest BCUT2D eigenvalue weighted by molar-refractivity contribution is -0.172. The van der Waals surface area contributed by atoms with Crippen molar-refractivity contribution in [1.82, 2.24) is 9.55 Å². The summed E-state index contributed by atoms with van der Waals surface area (Å²) in [4.78, 5) is 29.9. The van der Waals surface area contributed by atoms with Gasteiger partial charge < -0.3 is 20.1 Å². The summed E-state index contributed by atoms with van der Waals surface area (Å²) in [5.41, 5.74) is 6.93. The number of nitrogen functional groups attached to an aromatic ring is 1. The van der Waals surface area contributed by atoms with Crippen LogP contribution >= 0.6 is 0 Å². The van der Waals surface area contributed by atoms with E-state index in [9.17, 15) is 14.7 Å². The largest absolute Gasteiger partial charge is 0.458 e. The molecule has 0 amide bonds. The summed E-state index contributed by atoms with van der Waals surface area (Å²) in [6, 6.07) is 7.06. The van der Waals surface area contributed by atoms with Crippen molar-refractivity contribution < 1.29 is 16.0 Å². The fourth-order valence-electron chi connectivity index (χ4n) is 3.90. The summed E-state index contributed by atoms with van der Waals surface area (Å²) in [7, 11) is 0. The molecule has 27 heavy (non-hydrogen) atoms. The highest BCUT2D eigenvalue weighted by atomic mass is 16.6. The van der Waals surface area contributed by atoms with Crippen molar-refractivity contribution in [2.45, 2.75) is 32.1 Å². The standard InChI is InChI=1S/C20H17N3O4/c1-2-20(26)14-7-16-17-11(5-10-6-12(21)3-4-15(10)22-17)8-23(16)18(24)13(14)9-27-19(20)25/h3-7,26H,2,8-9,21H2,1H3/t20-/m0/s1/i5T. The number of rotatable bonds is 1. The quantitative estimate of drug-likeness (QED) is 0.392. The zero-order valence-electron chi connectivity index (χ0n) is 15.6. The summed E-state index contributed by atoms with van der Waals surface area (Å²) in [6.45, 7) is 1.69. The Morgan fingerprint density at radius 2 is 2.22 bits per heavy atom. The molecule has 0 unspecified atom stereocenters. The molecule has 4 heterocycles. The summed E-state index contributed by atoms with van der Waals surface area (Å²) >= 11 is 0. The van der Waals surface area contributed by atoms with Gasteiger partial charge >= 0.3 is 5.97 Å². The summed E-state index contributed by atoms with van der Waals surface area (Å²) < 4.78 is 15.2. The van der Waals surface area contributed by atoms with Gasteiger partial charge in [0, 0.05) is 22.2 Å². The number of nitrogens with two attached hydrogens (primary N) is 1. The topological polar surface area (TPSA) is 107 Å². The maximum Gasteiger partial charge on any atom is 0.343 e. The van der Waals surface area contributed by atoms with Crippen LogP contribution in [0.1, 0.15) is 31.4 Å². The predicted molar refractivity (Wildman–Crippen MR) is 98.9 cm³/mol. The van der Waals surface area contributed by atoms with E-state index in [0.717, 1.165) is 0 Å². The van der Waals surface area contributed by atoms with Crippen molar-refractivity contribution in [2.24, 2.45) is 0 Å². The number of pyridine rings is 2. The van der Waals surface area contributed by atoms with Crippen LogP contribution in [-0.4, -0.2) is 20.6 Å². The number of hydrogen-bond donors (Lipinski definition) is 2. The van der Waals surface area contributed by atoms with Crippen molar-refractivity contribution in [1.29, 1.82) is 0 Å². The molecule has 7 nitrogen and oxygen atoms in total. The van der Waals surface area contributed by atoms with Crippen LogP contribution in [0.2, 0.25) is 0 Å². The molecular weight excluding hydrogens is 346 g/mol. The van der Waals surface area contributed by atoms with E-state index in [1.165, 1.54) is 4.57 Å². The molecule has 136 valence electrons. The fourth-order valence-corrected chi connectivity index (χ4v) is 3.90. The number of carbonyl (C=O) groups excluding carboxylic acids is 1. The Labute approximate surface area is 155 Å². The lowest BCUT2D eigenvalue weighted by Gasteiger charge is -2.31. The first-order valence-corrected chi connectivity index (χ1v) is 8.71. The SMILES string of the molecule is [3H]c1c2c(nc3ccc(N)cc13)-c1cc3c(c(=O)n1C2)COC(=O)[C@]3(O)CC. The summed E-state index contributed by atoms with van der Waals surface area (Å²) in [5, 5.41) is 11.5. The van der Waals surface area contributed by atoms with Gasteiger partial charge in [0.1, 0.15) is 6.61 Å². The third kappa shape index (κ3) is 2.03. The van der Waals surface area contributed by atoms with Crippen LogP contribution in [0.15, 0.2) is 35.1 Å². The van der Waals surface area contributed by atoms with Crippen LogP contribution in [0.3, 0.4) is 0 Å². The highest BCUT2D eigenvalue weighted by Gasteiger charge is 2.45. The molecule has 3 N–H and O–H groups in total. The molecule has 1 atom stereocenters. The van der Waals surface area contributed by atoms with E-state index in [0.29, 0.717) is 33.5 Å². The van der Waals surface area contributed by atoms with E-state index in [-0.39, 0.29) is 42.3 Å². The van der Waals surface area contributed by atoms with Crippen LogP contribution in [-0.2, 0) is 28.3 Å². The predicted octanol–water partition coefficient (Wildman–Crippen LogP) is 1.66. The number of anilines is 1. The molecule has 2 aliphatic heterocycles. The van der Waals surface area contributed by atoms with Gasteiger partial charge in [-0.15, -0.1) is 0 Å². The average molecular weight is 365 g/mol. The zero-order chi connectivity index (χ0) is 19.8. The Morgan fingerprint density at radius 3 is 3.00 bits per heavy atom. The average Bonchev–Trinajstić information content (AvgIpc) is 3.05. The third-order valence-corrected chi connectivity index (χ3v) is 5.43. The Hall–Kier alpha value is -3.19. The monoisotopic (exact) mass is 365 g/mol. The molecule has 0 saturated carbocycles.